The van der Waals surface area contributed by atoms with E-state index in [1.807, 2.05) is 0 Å². The summed E-state index contributed by atoms with van der Waals surface area (Å²) in [6, 6.07) is -1.05. The largest absolute Gasteiger partial charge is 0.472 e. The zero-order valence-corrected chi connectivity index (χ0v) is 24.7. The average Bonchev–Trinajstić information content (AvgIpc) is 3.72. The van der Waals surface area contributed by atoms with Gasteiger partial charge in [0.05, 0.1) is 38.0 Å². The van der Waals surface area contributed by atoms with Crippen LogP contribution in [0.4, 0.5) is 20.5 Å². The number of hydrogen-bond donors (Lipinski definition) is 6. The summed E-state index contributed by atoms with van der Waals surface area (Å²) in [4.78, 5) is 54.8. The number of aromatic amines is 1. The number of aromatic nitrogens is 8. The highest BCUT2D eigenvalue weighted by Gasteiger charge is 2.54. The first-order chi connectivity index (χ1) is 21.7. The number of H-pyrrole nitrogens is 1. The number of phosphoric ester groups is 2. The molecule has 3 aliphatic rings. The number of aliphatic hydroxyl groups excluding tert-OH is 1. The molecule has 248 valence electrons. The zero-order chi connectivity index (χ0) is 32.7. The predicted octanol–water partition coefficient (Wildman–Crippen LogP) is -0.562. The fourth-order valence-corrected chi connectivity index (χ4v) is 7.81. The van der Waals surface area contributed by atoms with Crippen molar-refractivity contribution in [3.63, 3.8) is 0 Å². The quantitative estimate of drug-likeness (QED) is 0.113. The van der Waals surface area contributed by atoms with Gasteiger partial charge in [0.1, 0.15) is 18.3 Å². The van der Waals surface area contributed by atoms with E-state index in [0.717, 1.165) is 10.9 Å². The molecule has 6 heterocycles. The number of hydrogen-bond acceptors (Lipinski definition) is 16. The standard InChI is InChI=1S/C21H24F2N10O11P2/c22-9-14-8(42-19(9)33-5-26-10-15(24)28-20(23)29-16(10)33)3-41-46(38,39)43-13-7(1-6(12(13)34)2-40-45(36,37)44-14)32-4-27-11-17(32)30-21(25)31-18(11)35/h4-9,12-14,19,34H,1-3H2,(H,36,37)(H,38,39)(H2,24,28,29)(H3,25,30,31,35)/t6-,7-,8-,9?,12+,13-,14?,19-/m1/s1. The summed E-state index contributed by atoms with van der Waals surface area (Å²) in [5, 5.41) is 11.1. The number of rotatable bonds is 2. The summed E-state index contributed by atoms with van der Waals surface area (Å²) in [5.74, 6) is -1.65. The number of fused-ring (bicyclic) bond motifs is 5. The van der Waals surface area contributed by atoms with E-state index in [4.69, 9.17) is 34.3 Å². The number of nitrogen functional groups attached to an aromatic ring is 2. The third kappa shape index (κ3) is 5.37. The van der Waals surface area contributed by atoms with Gasteiger partial charge in [-0.05, 0) is 6.42 Å². The van der Waals surface area contributed by atoms with Crippen molar-refractivity contribution in [2.24, 2.45) is 5.92 Å². The van der Waals surface area contributed by atoms with Gasteiger partial charge in [0.25, 0.3) is 5.56 Å². The number of anilines is 2. The minimum absolute atomic E-state index is 0.0410. The molecule has 3 fully saturated rings. The van der Waals surface area contributed by atoms with Crippen LogP contribution in [0.5, 0.6) is 0 Å². The van der Waals surface area contributed by atoms with E-state index < -0.39 is 89.3 Å². The number of aliphatic hydroxyl groups is 1. The predicted molar refractivity (Wildman–Crippen MR) is 146 cm³/mol. The Hall–Kier alpha value is -3.50. The summed E-state index contributed by atoms with van der Waals surface area (Å²) >= 11 is 0. The van der Waals surface area contributed by atoms with E-state index in [2.05, 4.69) is 29.9 Å². The number of imidazole rings is 2. The molecule has 7 rings (SSSR count). The summed E-state index contributed by atoms with van der Waals surface area (Å²) in [7, 11) is -10.3. The van der Waals surface area contributed by atoms with Crippen LogP contribution < -0.4 is 17.0 Å². The molecule has 21 nitrogen and oxygen atoms in total. The number of nitrogens with one attached hydrogen (secondary N) is 1. The van der Waals surface area contributed by atoms with E-state index in [9.17, 15) is 33.2 Å². The number of alkyl halides is 1. The SMILES string of the molecule is Nc1nc2c(ncn2[C@@H]2C[C@@H]3COP(=O)(O)OC4C(F)[C@H](n5cnc6c(N)nc(F)nc65)O[C@@H]4COP(=O)(O)O[C@H]2[C@H]3O)c(=O)[nH]1. The number of halogens is 2. The van der Waals surface area contributed by atoms with Crippen molar-refractivity contribution in [1.29, 1.82) is 0 Å². The molecule has 0 radical (unpaired) electrons. The van der Waals surface area contributed by atoms with E-state index in [1.54, 1.807) is 0 Å². The molecule has 2 saturated heterocycles. The lowest BCUT2D eigenvalue weighted by Gasteiger charge is -2.26. The van der Waals surface area contributed by atoms with Gasteiger partial charge >= 0.3 is 21.7 Å². The zero-order valence-electron chi connectivity index (χ0n) is 22.9. The Balaban J connectivity index is 1.21. The van der Waals surface area contributed by atoms with Crippen molar-refractivity contribution in [2.45, 2.75) is 49.3 Å². The van der Waals surface area contributed by atoms with Crippen LogP contribution in [0.1, 0.15) is 18.7 Å². The molecule has 1 aliphatic carbocycles. The maximum Gasteiger partial charge on any atom is 0.472 e. The van der Waals surface area contributed by atoms with Crippen molar-refractivity contribution >= 4 is 49.7 Å². The van der Waals surface area contributed by atoms with Crippen LogP contribution in [-0.4, -0.2) is 97.7 Å². The molecule has 25 heteroatoms. The lowest BCUT2D eigenvalue weighted by atomic mass is 10.1. The van der Waals surface area contributed by atoms with Gasteiger partial charge in [-0.2, -0.15) is 19.3 Å². The van der Waals surface area contributed by atoms with Crippen molar-refractivity contribution in [3.8, 4) is 0 Å². The summed E-state index contributed by atoms with van der Waals surface area (Å²) in [5.41, 5.74) is 10.1. The number of ether oxygens (including phenoxy) is 1. The molecular weight excluding hydrogens is 668 g/mol. The smallest absolute Gasteiger partial charge is 0.390 e. The second-order valence-corrected chi connectivity index (χ2v) is 13.5. The summed E-state index contributed by atoms with van der Waals surface area (Å²) < 4.78 is 84.7. The Kier molecular flexibility index (Phi) is 7.47. The van der Waals surface area contributed by atoms with E-state index >= 15 is 4.39 Å². The maximum atomic E-state index is 15.9. The molecule has 10 atom stereocenters. The van der Waals surface area contributed by atoms with E-state index in [0.29, 0.717) is 0 Å². The Labute approximate surface area is 253 Å². The first kappa shape index (κ1) is 31.1. The third-order valence-electron chi connectivity index (χ3n) is 7.88. The normalized spacial score (nSPS) is 37.2. The molecule has 8 N–H and O–H groups in total. The van der Waals surface area contributed by atoms with Crippen LogP contribution >= 0.6 is 15.6 Å². The number of nitrogens with two attached hydrogens (primary N) is 2. The van der Waals surface area contributed by atoms with Crippen LogP contribution in [0.15, 0.2) is 17.4 Å². The molecule has 46 heavy (non-hydrogen) atoms. The lowest BCUT2D eigenvalue weighted by Crippen LogP contribution is -2.34. The molecule has 2 bridgehead atoms. The topological polar surface area (TPSA) is 300 Å². The van der Waals surface area contributed by atoms with Crippen LogP contribution in [0.3, 0.4) is 0 Å². The van der Waals surface area contributed by atoms with Crippen molar-refractivity contribution in [2.75, 3.05) is 24.7 Å². The second kappa shape index (κ2) is 11.0. The molecule has 2 aliphatic heterocycles. The van der Waals surface area contributed by atoms with Crippen molar-refractivity contribution in [3.05, 3.63) is 29.1 Å². The average molecular weight is 692 g/mol. The fourth-order valence-electron chi connectivity index (χ4n) is 5.84. The van der Waals surface area contributed by atoms with Gasteiger partial charge in [0.2, 0.25) is 5.95 Å². The Morgan fingerprint density at radius 3 is 2.37 bits per heavy atom. The highest BCUT2D eigenvalue weighted by atomic mass is 31.2. The monoisotopic (exact) mass is 692 g/mol. The highest BCUT2D eigenvalue weighted by molar-refractivity contribution is 7.47. The fraction of sp³-hybridized carbons (Fsp3) is 0.524. The Morgan fingerprint density at radius 2 is 1.61 bits per heavy atom. The molecular formula is C21H24F2N10O11P2. The maximum absolute atomic E-state index is 15.9. The highest BCUT2D eigenvalue weighted by Crippen LogP contribution is 2.55. The van der Waals surface area contributed by atoms with Crippen LogP contribution in [-0.2, 0) is 32.0 Å². The van der Waals surface area contributed by atoms with Gasteiger partial charge in [0, 0.05) is 5.92 Å². The second-order valence-electron chi connectivity index (χ2n) is 10.7. The first-order valence-electron chi connectivity index (χ1n) is 13.4. The number of nitrogens with zero attached hydrogens (tertiary/aromatic N) is 7. The molecule has 4 unspecified atom stereocenters. The first-order valence-corrected chi connectivity index (χ1v) is 16.4. The van der Waals surface area contributed by atoms with Gasteiger partial charge in [-0.1, -0.05) is 0 Å². The van der Waals surface area contributed by atoms with Crippen LogP contribution in [0, 0.1) is 12.0 Å². The minimum atomic E-state index is -5.13. The Morgan fingerprint density at radius 1 is 0.957 bits per heavy atom. The van der Waals surface area contributed by atoms with E-state index in [-0.39, 0.29) is 40.5 Å². The van der Waals surface area contributed by atoms with Crippen LogP contribution in [0.25, 0.3) is 22.3 Å². The van der Waals surface area contributed by atoms with Crippen LogP contribution in [0.2, 0.25) is 0 Å². The third-order valence-corrected chi connectivity index (χ3v) is 9.85. The van der Waals surface area contributed by atoms with Gasteiger partial charge in [0.15, 0.2) is 40.5 Å². The molecule has 0 spiro atoms. The van der Waals surface area contributed by atoms with Gasteiger partial charge in [-0.15, -0.1) is 0 Å². The van der Waals surface area contributed by atoms with Gasteiger partial charge in [-0.3, -0.25) is 32.4 Å². The molecule has 1 saturated carbocycles. The summed E-state index contributed by atoms with van der Waals surface area (Å²) in [6.07, 6.45) is -9.99. The molecule has 0 amide bonds. The van der Waals surface area contributed by atoms with Crippen molar-refractivity contribution in [1.82, 2.24) is 39.0 Å². The number of phosphoric acid groups is 2. The van der Waals surface area contributed by atoms with Gasteiger partial charge in [-0.25, -0.2) is 23.5 Å². The van der Waals surface area contributed by atoms with Gasteiger partial charge < -0.3 is 35.7 Å². The molecule has 4 aromatic rings. The Bertz CT molecular complexity index is 1990. The lowest BCUT2D eigenvalue weighted by molar-refractivity contribution is -0.0509. The van der Waals surface area contributed by atoms with Crippen molar-refractivity contribution < 1.29 is 55.6 Å². The molecule has 4 aromatic heterocycles. The summed E-state index contributed by atoms with van der Waals surface area (Å²) in [6.45, 7) is -1.63. The minimum Gasteiger partial charge on any atom is -0.390 e. The van der Waals surface area contributed by atoms with E-state index in [1.165, 1.54) is 10.9 Å². The molecule has 0 aromatic carbocycles.